The Kier molecular flexibility index (Phi) is 7.61. The van der Waals surface area contributed by atoms with Gasteiger partial charge in [0.25, 0.3) is 0 Å². The van der Waals surface area contributed by atoms with Crippen LogP contribution in [0.2, 0.25) is 0 Å². The summed E-state index contributed by atoms with van der Waals surface area (Å²) in [5.41, 5.74) is 0. The predicted molar refractivity (Wildman–Crippen MR) is 77.1 cm³/mol. The zero-order valence-corrected chi connectivity index (χ0v) is 13.0. The summed E-state index contributed by atoms with van der Waals surface area (Å²) in [7, 11) is 0. The third-order valence-corrected chi connectivity index (χ3v) is 3.46. The molecule has 1 aliphatic heterocycles. The Labute approximate surface area is 131 Å². The van der Waals surface area contributed by atoms with Gasteiger partial charge in [0, 0.05) is 4.90 Å². The number of ether oxygens (including phenoxy) is 5. The molecule has 124 valence electrons. The van der Waals surface area contributed by atoms with E-state index in [1.807, 2.05) is 0 Å². The van der Waals surface area contributed by atoms with Crippen LogP contribution in [-0.2, 0) is 25.3 Å². The van der Waals surface area contributed by atoms with E-state index in [1.165, 1.54) is 12.1 Å². The van der Waals surface area contributed by atoms with Crippen LogP contribution >= 0.6 is 0 Å². The van der Waals surface area contributed by atoms with Crippen molar-refractivity contribution in [1.29, 1.82) is 0 Å². The van der Waals surface area contributed by atoms with E-state index >= 15 is 0 Å². The Balaban J connectivity index is 2.02. The van der Waals surface area contributed by atoms with Crippen LogP contribution in [0.1, 0.15) is 0 Å². The maximum atomic E-state index is 11.0. The van der Waals surface area contributed by atoms with E-state index in [4.69, 9.17) is 23.7 Å². The lowest BCUT2D eigenvalue weighted by Crippen LogP contribution is -2.13. The topological polar surface area (TPSA) is 86.3 Å². The SMILES string of the molecule is O=S([O-])c1ccc2c(c1)OCCOCCOCCOCCO2. The standard InChI is InChI=1S/C14H20O7S/c15-22(16)12-1-2-13-14(11-12)21-10-8-19-6-4-17-3-5-18-7-9-20-13/h1-2,11H,3-10H2,(H,15,16)/p-1. The van der Waals surface area contributed by atoms with Gasteiger partial charge in [-0.25, -0.2) is 0 Å². The van der Waals surface area contributed by atoms with Gasteiger partial charge < -0.3 is 28.2 Å². The van der Waals surface area contributed by atoms with Gasteiger partial charge in [0.15, 0.2) is 11.5 Å². The Hall–Kier alpha value is -1.19. The van der Waals surface area contributed by atoms with Crippen LogP contribution in [0.3, 0.4) is 0 Å². The van der Waals surface area contributed by atoms with E-state index in [-0.39, 0.29) is 4.90 Å². The molecule has 0 bridgehead atoms. The quantitative estimate of drug-likeness (QED) is 0.702. The average Bonchev–Trinajstić information content (AvgIpc) is 2.52. The van der Waals surface area contributed by atoms with Crippen molar-refractivity contribution in [3.8, 4) is 11.5 Å². The molecule has 0 saturated carbocycles. The van der Waals surface area contributed by atoms with E-state index in [0.717, 1.165) is 0 Å². The van der Waals surface area contributed by atoms with Crippen LogP contribution in [-0.4, -0.2) is 61.6 Å². The molecule has 8 heteroatoms. The number of rotatable bonds is 1. The van der Waals surface area contributed by atoms with E-state index in [9.17, 15) is 8.76 Å². The minimum atomic E-state index is -2.32. The first-order valence-corrected chi connectivity index (χ1v) is 8.07. The largest absolute Gasteiger partial charge is 0.768 e. The van der Waals surface area contributed by atoms with Gasteiger partial charge in [-0.05, 0) is 29.3 Å². The monoisotopic (exact) mass is 331 g/mol. The number of benzene rings is 1. The molecule has 0 N–H and O–H groups in total. The summed E-state index contributed by atoms with van der Waals surface area (Å²) < 4.78 is 49.2. The zero-order chi connectivity index (χ0) is 15.6. The normalized spacial score (nSPS) is 19.7. The van der Waals surface area contributed by atoms with Gasteiger partial charge in [0.2, 0.25) is 0 Å². The molecule has 1 aliphatic rings. The first-order chi connectivity index (χ1) is 10.8. The second kappa shape index (κ2) is 9.75. The van der Waals surface area contributed by atoms with Crippen molar-refractivity contribution in [3.63, 3.8) is 0 Å². The lowest BCUT2D eigenvalue weighted by molar-refractivity contribution is 0.00708. The van der Waals surface area contributed by atoms with E-state index < -0.39 is 11.1 Å². The van der Waals surface area contributed by atoms with Crippen molar-refractivity contribution in [2.24, 2.45) is 0 Å². The van der Waals surface area contributed by atoms with Gasteiger partial charge in [-0.1, -0.05) is 0 Å². The summed E-state index contributed by atoms with van der Waals surface area (Å²) in [5, 5.41) is 0. The molecule has 1 aromatic carbocycles. The summed E-state index contributed by atoms with van der Waals surface area (Å²) in [6.07, 6.45) is 0. The molecule has 22 heavy (non-hydrogen) atoms. The Morgan fingerprint density at radius 3 is 1.82 bits per heavy atom. The minimum Gasteiger partial charge on any atom is -0.768 e. The maximum Gasteiger partial charge on any atom is 0.162 e. The van der Waals surface area contributed by atoms with Crippen molar-refractivity contribution >= 4 is 11.1 Å². The lowest BCUT2D eigenvalue weighted by Gasteiger charge is -2.15. The molecule has 0 aromatic heterocycles. The molecule has 0 saturated heterocycles. The third-order valence-electron chi connectivity index (χ3n) is 2.82. The van der Waals surface area contributed by atoms with Gasteiger partial charge in [-0.2, -0.15) is 0 Å². The van der Waals surface area contributed by atoms with Gasteiger partial charge in [-0.3, -0.25) is 4.21 Å². The summed E-state index contributed by atoms with van der Waals surface area (Å²) >= 11 is -2.32. The maximum absolute atomic E-state index is 11.0. The first kappa shape index (κ1) is 17.2. The number of hydrogen-bond donors (Lipinski definition) is 0. The van der Waals surface area contributed by atoms with Crippen LogP contribution in [0.4, 0.5) is 0 Å². The predicted octanol–water partition coefficient (Wildman–Crippen LogP) is 0.746. The van der Waals surface area contributed by atoms with Crippen LogP contribution in [0, 0.1) is 0 Å². The van der Waals surface area contributed by atoms with E-state index in [1.54, 1.807) is 6.07 Å². The molecule has 1 heterocycles. The molecule has 0 radical (unpaired) electrons. The first-order valence-electron chi connectivity index (χ1n) is 6.99. The van der Waals surface area contributed by atoms with Crippen molar-refractivity contribution in [2.75, 3.05) is 52.9 Å². The summed E-state index contributed by atoms with van der Waals surface area (Å²) in [6.45, 7) is 3.38. The fourth-order valence-corrected chi connectivity index (χ4v) is 2.17. The van der Waals surface area contributed by atoms with Gasteiger partial charge in [0.05, 0.1) is 39.6 Å². The van der Waals surface area contributed by atoms with Crippen LogP contribution in [0.25, 0.3) is 0 Å². The second-order valence-corrected chi connectivity index (χ2v) is 5.32. The molecule has 1 unspecified atom stereocenters. The highest BCUT2D eigenvalue weighted by Gasteiger charge is 2.08. The number of fused-ring (bicyclic) bond motifs is 1. The van der Waals surface area contributed by atoms with Crippen molar-refractivity contribution < 1.29 is 32.4 Å². The summed E-state index contributed by atoms with van der Waals surface area (Å²) in [5.74, 6) is 0.848. The summed E-state index contributed by atoms with van der Waals surface area (Å²) in [4.78, 5) is 0.144. The molecule has 0 aliphatic carbocycles. The second-order valence-electron chi connectivity index (χ2n) is 4.38. The number of hydrogen-bond acceptors (Lipinski definition) is 7. The lowest BCUT2D eigenvalue weighted by atomic mass is 10.3. The van der Waals surface area contributed by atoms with Gasteiger partial charge >= 0.3 is 0 Å². The highest BCUT2D eigenvalue weighted by Crippen LogP contribution is 2.29. The summed E-state index contributed by atoms with van der Waals surface area (Å²) in [6, 6.07) is 4.47. The van der Waals surface area contributed by atoms with Gasteiger partial charge in [0.1, 0.15) is 13.2 Å². The molecular formula is C14H19O7S-. The average molecular weight is 331 g/mol. The zero-order valence-electron chi connectivity index (χ0n) is 12.2. The Bertz CT molecular complexity index is 480. The molecule has 0 fully saturated rings. The van der Waals surface area contributed by atoms with E-state index in [0.29, 0.717) is 64.4 Å². The molecule has 0 spiro atoms. The molecule has 2 rings (SSSR count). The van der Waals surface area contributed by atoms with Crippen molar-refractivity contribution in [2.45, 2.75) is 4.90 Å². The van der Waals surface area contributed by atoms with E-state index in [2.05, 4.69) is 0 Å². The fourth-order valence-electron chi connectivity index (χ4n) is 1.79. The Morgan fingerprint density at radius 1 is 0.773 bits per heavy atom. The molecule has 7 nitrogen and oxygen atoms in total. The fraction of sp³-hybridized carbons (Fsp3) is 0.571. The van der Waals surface area contributed by atoms with Crippen molar-refractivity contribution in [1.82, 2.24) is 0 Å². The highest BCUT2D eigenvalue weighted by molar-refractivity contribution is 7.79. The minimum absolute atomic E-state index is 0.144. The third kappa shape index (κ3) is 5.90. The van der Waals surface area contributed by atoms with Crippen LogP contribution < -0.4 is 9.47 Å². The van der Waals surface area contributed by atoms with Gasteiger partial charge in [-0.15, -0.1) is 0 Å². The van der Waals surface area contributed by atoms with Crippen molar-refractivity contribution in [3.05, 3.63) is 18.2 Å². The van der Waals surface area contributed by atoms with Crippen LogP contribution in [0.15, 0.2) is 23.1 Å². The smallest absolute Gasteiger partial charge is 0.162 e. The molecule has 1 atom stereocenters. The molecule has 1 aromatic rings. The van der Waals surface area contributed by atoms with Crippen LogP contribution in [0.5, 0.6) is 11.5 Å². The highest BCUT2D eigenvalue weighted by atomic mass is 32.2. The molecular weight excluding hydrogens is 312 g/mol. The Morgan fingerprint density at radius 2 is 1.27 bits per heavy atom. The molecule has 0 amide bonds.